The minimum absolute atomic E-state index is 0.0600. The summed E-state index contributed by atoms with van der Waals surface area (Å²) in [5, 5.41) is 3.05. The lowest BCUT2D eigenvalue weighted by Gasteiger charge is -2.26. The fourth-order valence-electron chi connectivity index (χ4n) is 3.67. The smallest absolute Gasteiger partial charge is 0.257 e. The maximum Gasteiger partial charge on any atom is 0.257 e. The van der Waals surface area contributed by atoms with E-state index < -0.39 is 0 Å². The first-order chi connectivity index (χ1) is 11.6. The summed E-state index contributed by atoms with van der Waals surface area (Å²) in [6.07, 6.45) is 5.50. The Morgan fingerprint density at radius 2 is 2.00 bits per heavy atom. The standard InChI is InChI=1S/C19H22N4O/c1-22-7-6-16-14(12-22)10-20-11-17(16)19(24)21-15-3-4-18-13(9-15)5-8-23(18)2/h3-4,9-11H,5-8,12H2,1-2H3,(H,21,24). The highest BCUT2D eigenvalue weighted by Crippen LogP contribution is 2.29. The second kappa shape index (κ2) is 5.91. The number of pyridine rings is 1. The molecule has 124 valence electrons. The zero-order valence-corrected chi connectivity index (χ0v) is 14.2. The van der Waals surface area contributed by atoms with Gasteiger partial charge < -0.3 is 15.1 Å². The third kappa shape index (κ3) is 2.65. The second-order valence-electron chi connectivity index (χ2n) is 6.78. The largest absolute Gasteiger partial charge is 0.374 e. The van der Waals surface area contributed by atoms with Crippen molar-refractivity contribution >= 4 is 17.3 Å². The van der Waals surface area contributed by atoms with Crippen LogP contribution in [0.1, 0.15) is 27.0 Å². The highest BCUT2D eigenvalue weighted by molar-refractivity contribution is 6.05. The van der Waals surface area contributed by atoms with E-state index in [0.717, 1.165) is 49.3 Å². The number of nitrogens with one attached hydrogen (secondary N) is 1. The molecule has 3 heterocycles. The Bertz CT molecular complexity index is 802. The van der Waals surface area contributed by atoms with Crippen LogP contribution < -0.4 is 10.2 Å². The molecule has 0 fully saturated rings. The summed E-state index contributed by atoms with van der Waals surface area (Å²) in [5.41, 5.74) is 6.42. The molecule has 0 bridgehead atoms. The molecule has 0 aliphatic carbocycles. The Hall–Kier alpha value is -2.40. The van der Waals surface area contributed by atoms with Gasteiger partial charge in [-0.25, -0.2) is 0 Å². The lowest BCUT2D eigenvalue weighted by Crippen LogP contribution is -2.29. The minimum atomic E-state index is -0.0600. The normalized spacial score (nSPS) is 16.7. The van der Waals surface area contributed by atoms with Crippen molar-refractivity contribution in [1.82, 2.24) is 9.88 Å². The molecule has 0 unspecified atom stereocenters. The molecule has 1 N–H and O–H groups in total. The van der Waals surface area contributed by atoms with Gasteiger partial charge in [0.05, 0.1) is 5.56 Å². The molecule has 0 radical (unpaired) electrons. The summed E-state index contributed by atoms with van der Waals surface area (Å²) in [6.45, 7) is 2.87. The highest BCUT2D eigenvalue weighted by atomic mass is 16.1. The van der Waals surface area contributed by atoms with E-state index in [1.54, 1.807) is 6.20 Å². The van der Waals surface area contributed by atoms with Crippen molar-refractivity contribution < 1.29 is 4.79 Å². The number of hydrogen-bond acceptors (Lipinski definition) is 4. The van der Waals surface area contributed by atoms with Crippen molar-refractivity contribution in [3.63, 3.8) is 0 Å². The van der Waals surface area contributed by atoms with Gasteiger partial charge in [0, 0.05) is 50.5 Å². The molecule has 24 heavy (non-hydrogen) atoms. The maximum atomic E-state index is 12.8. The van der Waals surface area contributed by atoms with Crippen LogP contribution in [-0.2, 0) is 19.4 Å². The molecule has 2 aromatic rings. The van der Waals surface area contributed by atoms with E-state index in [1.165, 1.54) is 11.3 Å². The lowest BCUT2D eigenvalue weighted by atomic mass is 9.97. The molecule has 2 aliphatic rings. The Morgan fingerprint density at radius 3 is 2.88 bits per heavy atom. The molecule has 4 rings (SSSR count). The van der Waals surface area contributed by atoms with Crippen molar-refractivity contribution in [1.29, 1.82) is 0 Å². The fraction of sp³-hybridized carbons (Fsp3) is 0.368. The lowest BCUT2D eigenvalue weighted by molar-refractivity contribution is 0.102. The monoisotopic (exact) mass is 322 g/mol. The molecule has 0 spiro atoms. The number of amides is 1. The molecule has 0 saturated heterocycles. The molecule has 5 heteroatoms. The Morgan fingerprint density at radius 1 is 1.12 bits per heavy atom. The highest BCUT2D eigenvalue weighted by Gasteiger charge is 2.21. The predicted octanol–water partition coefficient (Wildman–Crippen LogP) is 2.31. The zero-order valence-electron chi connectivity index (χ0n) is 14.2. The van der Waals surface area contributed by atoms with E-state index in [0.29, 0.717) is 5.56 Å². The van der Waals surface area contributed by atoms with Gasteiger partial charge in [0.25, 0.3) is 5.91 Å². The van der Waals surface area contributed by atoms with Gasteiger partial charge in [0.1, 0.15) is 0 Å². The van der Waals surface area contributed by atoms with Crippen LogP contribution in [-0.4, -0.2) is 43.0 Å². The van der Waals surface area contributed by atoms with E-state index in [9.17, 15) is 4.79 Å². The number of rotatable bonds is 2. The molecular weight excluding hydrogens is 300 g/mol. The average Bonchev–Trinajstić information content (AvgIpc) is 2.94. The number of aromatic nitrogens is 1. The van der Waals surface area contributed by atoms with Gasteiger partial charge in [-0.3, -0.25) is 9.78 Å². The molecule has 1 aromatic heterocycles. The zero-order chi connectivity index (χ0) is 16.7. The van der Waals surface area contributed by atoms with E-state index in [4.69, 9.17) is 0 Å². The van der Waals surface area contributed by atoms with Crippen LogP contribution in [0.2, 0.25) is 0 Å². The predicted molar refractivity (Wildman–Crippen MR) is 95.6 cm³/mol. The van der Waals surface area contributed by atoms with Crippen LogP contribution in [0.25, 0.3) is 0 Å². The summed E-state index contributed by atoms with van der Waals surface area (Å²) >= 11 is 0. The third-order valence-electron chi connectivity index (χ3n) is 5.04. The van der Waals surface area contributed by atoms with E-state index >= 15 is 0 Å². The van der Waals surface area contributed by atoms with Crippen molar-refractivity contribution in [2.45, 2.75) is 19.4 Å². The summed E-state index contributed by atoms with van der Waals surface area (Å²) in [5.74, 6) is -0.0600. The number of nitrogens with zero attached hydrogens (tertiary/aromatic N) is 3. The molecule has 2 aliphatic heterocycles. The number of anilines is 2. The molecule has 1 amide bonds. The van der Waals surface area contributed by atoms with Gasteiger partial charge in [-0.2, -0.15) is 0 Å². The first-order valence-electron chi connectivity index (χ1n) is 8.41. The Balaban J connectivity index is 1.58. The van der Waals surface area contributed by atoms with Crippen molar-refractivity contribution in [2.24, 2.45) is 0 Å². The number of likely N-dealkylation sites (N-methyl/N-ethyl adjacent to an activating group) is 2. The molecule has 0 atom stereocenters. The average molecular weight is 322 g/mol. The van der Waals surface area contributed by atoms with Crippen LogP contribution in [0.15, 0.2) is 30.6 Å². The summed E-state index contributed by atoms with van der Waals surface area (Å²) in [7, 11) is 4.19. The van der Waals surface area contributed by atoms with Gasteiger partial charge in [0.2, 0.25) is 0 Å². The first-order valence-corrected chi connectivity index (χ1v) is 8.41. The fourth-order valence-corrected chi connectivity index (χ4v) is 3.67. The van der Waals surface area contributed by atoms with Crippen molar-refractivity contribution in [3.05, 3.63) is 52.8 Å². The van der Waals surface area contributed by atoms with Crippen molar-refractivity contribution in [3.8, 4) is 0 Å². The van der Waals surface area contributed by atoms with Gasteiger partial charge >= 0.3 is 0 Å². The van der Waals surface area contributed by atoms with Gasteiger partial charge in [0.15, 0.2) is 0 Å². The van der Waals surface area contributed by atoms with E-state index in [2.05, 4.69) is 46.3 Å². The summed E-state index contributed by atoms with van der Waals surface area (Å²) in [6, 6.07) is 6.16. The summed E-state index contributed by atoms with van der Waals surface area (Å²) < 4.78 is 0. The summed E-state index contributed by atoms with van der Waals surface area (Å²) in [4.78, 5) is 21.5. The van der Waals surface area contributed by atoms with Crippen LogP contribution in [0.5, 0.6) is 0 Å². The van der Waals surface area contributed by atoms with E-state index in [-0.39, 0.29) is 5.91 Å². The van der Waals surface area contributed by atoms with Gasteiger partial charge in [-0.05, 0) is 54.8 Å². The van der Waals surface area contributed by atoms with Crippen LogP contribution in [0, 0.1) is 0 Å². The van der Waals surface area contributed by atoms with Crippen LogP contribution in [0.4, 0.5) is 11.4 Å². The van der Waals surface area contributed by atoms with Crippen LogP contribution in [0.3, 0.4) is 0 Å². The number of fused-ring (bicyclic) bond motifs is 2. The van der Waals surface area contributed by atoms with E-state index in [1.807, 2.05) is 12.3 Å². The van der Waals surface area contributed by atoms with Crippen molar-refractivity contribution in [2.75, 3.05) is 37.4 Å². The second-order valence-corrected chi connectivity index (χ2v) is 6.78. The quantitative estimate of drug-likeness (QED) is 0.922. The molecule has 0 saturated carbocycles. The number of carbonyl (C=O) groups excluding carboxylic acids is 1. The third-order valence-corrected chi connectivity index (χ3v) is 5.04. The van der Waals surface area contributed by atoms with Gasteiger partial charge in [-0.1, -0.05) is 0 Å². The number of hydrogen-bond donors (Lipinski definition) is 1. The minimum Gasteiger partial charge on any atom is -0.374 e. The molecule has 5 nitrogen and oxygen atoms in total. The number of benzene rings is 1. The topological polar surface area (TPSA) is 48.5 Å². The Kier molecular flexibility index (Phi) is 3.73. The number of carbonyl (C=O) groups is 1. The molecular formula is C19H22N4O. The molecule has 1 aromatic carbocycles. The maximum absolute atomic E-state index is 12.8. The van der Waals surface area contributed by atoms with Crippen LogP contribution >= 0.6 is 0 Å². The Labute approximate surface area is 142 Å². The SMILES string of the molecule is CN1CCc2c(cncc2C(=O)Nc2ccc3c(c2)CCN3C)C1. The van der Waals surface area contributed by atoms with Gasteiger partial charge in [-0.15, -0.1) is 0 Å². The first kappa shape index (κ1) is 15.1.